The fourth-order valence-electron chi connectivity index (χ4n) is 2.35. The van der Waals surface area contributed by atoms with Gasteiger partial charge in [-0.15, -0.1) is 23.1 Å². The second-order valence-corrected chi connectivity index (χ2v) is 7.60. The van der Waals surface area contributed by atoms with Crippen LogP contribution in [0.3, 0.4) is 0 Å². The average molecular weight is 384 g/mol. The minimum Gasteiger partial charge on any atom is -0.338 e. The topological polar surface area (TPSA) is 89.8 Å². The molecule has 6 nitrogen and oxygen atoms in total. The number of nitriles is 1. The fraction of sp³-hybridized carbons (Fsp3) is 0.222. The minimum absolute atomic E-state index is 0.0308. The standard InChI is InChI=1S/C18H16N4O2S2/c1-22(9-15-20-14-6-7-26-17(14)18(24)21-15)16(23)11-25-10-13-4-2-12(8-19)3-5-13/h2-7H,9-11H2,1H3,(H,20,21,24). The van der Waals surface area contributed by atoms with Gasteiger partial charge in [0, 0.05) is 12.8 Å². The molecule has 0 radical (unpaired) electrons. The summed E-state index contributed by atoms with van der Waals surface area (Å²) >= 11 is 2.86. The zero-order valence-corrected chi connectivity index (χ0v) is 15.7. The molecule has 2 aromatic heterocycles. The van der Waals surface area contributed by atoms with Crippen molar-refractivity contribution in [3.05, 3.63) is 63.0 Å². The molecular weight excluding hydrogens is 368 g/mol. The van der Waals surface area contributed by atoms with E-state index in [1.807, 2.05) is 17.5 Å². The van der Waals surface area contributed by atoms with E-state index in [4.69, 9.17) is 5.26 Å². The summed E-state index contributed by atoms with van der Waals surface area (Å²) in [6, 6.07) is 11.2. The number of fused-ring (bicyclic) bond motifs is 1. The van der Waals surface area contributed by atoms with Crippen LogP contribution in [-0.4, -0.2) is 33.6 Å². The van der Waals surface area contributed by atoms with E-state index in [1.54, 1.807) is 30.1 Å². The molecule has 3 aromatic rings. The highest BCUT2D eigenvalue weighted by atomic mass is 32.2. The highest BCUT2D eigenvalue weighted by Crippen LogP contribution is 2.15. The van der Waals surface area contributed by atoms with Crippen LogP contribution in [0.25, 0.3) is 10.2 Å². The molecule has 0 aliphatic heterocycles. The van der Waals surface area contributed by atoms with Gasteiger partial charge in [0.1, 0.15) is 10.5 Å². The molecule has 0 saturated heterocycles. The van der Waals surface area contributed by atoms with Gasteiger partial charge in [0.05, 0.1) is 29.4 Å². The summed E-state index contributed by atoms with van der Waals surface area (Å²) in [6.07, 6.45) is 0. The summed E-state index contributed by atoms with van der Waals surface area (Å²) in [5.74, 6) is 1.48. The van der Waals surface area contributed by atoms with E-state index >= 15 is 0 Å². The Morgan fingerprint density at radius 2 is 2.12 bits per heavy atom. The summed E-state index contributed by atoms with van der Waals surface area (Å²) in [5.41, 5.74) is 2.18. The molecule has 0 fully saturated rings. The molecule has 0 aliphatic rings. The van der Waals surface area contributed by atoms with Crippen molar-refractivity contribution in [1.82, 2.24) is 14.9 Å². The predicted molar refractivity (Wildman–Crippen MR) is 104 cm³/mol. The Kier molecular flexibility index (Phi) is 5.71. The third-order valence-electron chi connectivity index (χ3n) is 3.75. The summed E-state index contributed by atoms with van der Waals surface area (Å²) < 4.78 is 0.598. The lowest BCUT2D eigenvalue weighted by atomic mass is 10.2. The number of thiophene rings is 1. The largest absolute Gasteiger partial charge is 0.338 e. The Morgan fingerprint density at radius 1 is 1.35 bits per heavy atom. The van der Waals surface area contributed by atoms with Crippen molar-refractivity contribution in [2.75, 3.05) is 12.8 Å². The van der Waals surface area contributed by atoms with E-state index in [-0.39, 0.29) is 18.0 Å². The minimum atomic E-state index is -0.170. The Bertz CT molecular complexity index is 1020. The number of H-pyrrole nitrogens is 1. The number of hydrogen-bond acceptors (Lipinski definition) is 6. The molecule has 2 heterocycles. The van der Waals surface area contributed by atoms with Crippen molar-refractivity contribution in [1.29, 1.82) is 5.26 Å². The number of aromatic amines is 1. The molecule has 0 atom stereocenters. The predicted octanol–water partition coefficient (Wildman–Crippen LogP) is 2.75. The summed E-state index contributed by atoms with van der Waals surface area (Å²) in [6.45, 7) is 0.261. The second-order valence-electron chi connectivity index (χ2n) is 5.70. The van der Waals surface area contributed by atoms with Crippen LogP contribution < -0.4 is 5.56 Å². The maximum absolute atomic E-state index is 12.3. The first-order valence-corrected chi connectivity index (χ1v) is 9.87. The van der Waals surface area contributed by atoms with Crippen molar-refractivity contribution >= 4 is 39.2 Å². The van der Waals surface area contributed by atoms with Crippen LogP contribution in [0.2, 0.25) is 0 Å². The lowest BCUT2D eigenvalue weighted by molar-refractivity contribution is -0.127. The Labute approximate surface area is 158 Å². The average Bonchev–Trinajstić information content (AvgIpc) is 3.11. The lowest BCUT2D eigenvalue weighted by Gasteiger charge is -2.16. The van der Waals surface area contributed by atoms with Crippen molar-refractivity contribution in [2.24, 2.45) is 0 Å². The van der Waals surface area contributed by atoms with Crippen LogP contribution in [0.15, 0.2) is 40.5 Å². The summed E-state index contributed by atoms with van der Waals surface area (Å²) in [7, 11) is 1.70. The van der Waals surface area contributed by atoms with Crippen molar-refractivity contribution in [2.45, 2.75) is 12.3 Å². The van der Waals surface area contributed by atoms with E-state index in [0.29, 0.717) is 33.1 Å². The van der Waals surface area contributed by atoms with Crippen molar-refractivity contribution < 1.29 is 4.79 Å². The van der Waals surface area contributed by atoms with E-state index in [9.17, 15) is 9.59 Å². The zero-order valence-electron chi connectivity index (χ0n) is 14.1. The molecule has 1 aromatic carbocycles. The summed E-state index contributed by atoms with van der Waals surface area (Å²) in [5, 5.41) is 10.6. The number of amides is 1. The first kappa shape index (κ1) is 18.2. The van der Waals surface area contributed by atoms with E-state index in [1.165, 1.54) is 23.1 Å². The van der Waals surface area contributed by atoms with Gasteiger partial charge >= 0.3 is 0 Å². The van der Waals surface area contributed by atoms with Crippen LogP contribution in [0.5, 0.6) is 0 Å². The van der Waals surface area contributed by atoms with Crippen LogP contribution in [0, 0.1) is 11.3 Å². The summed E-state index contributed by atoms with van der Waals surface area (Å²) in [4.78, 5) is 32.9. The van der Waals surface area contributed by atoms with E-state index in [2.05, 4.69) is 16.0 Å². The van der Waals surface area contributed by atoms with Gasteiger partial charge in [0.25, 0.3) is 5.56 Å². The number of nitrogens with zero attached hydrogens (tertiary/aromatic N) is 3. The zero-order chi connectivity index (χ0) is 18.5. The van der Waals surface area contributed by atoms with Gasteiger partial charge in [0.15, 0.2) is 0 Å². The van der Waals surface area contributed by atoms with Crippen molar-refractivity contribution in [3.63, 3.8) is 0 Å². The molecule has 1 amide bonds. The molecule has 0 spiro atoms. The number of carbonyl (C=O) groups is 1. The molecule has 0 bridgehead atoms. The number of thioether (sulfide) groups is 1. The number of aromatic nitrogens is 2. The molecule has 1 N–H and O–H groups in total. The van der Waals surface area contributed by atoms with Crippen LogP contribution in [0.1, 0.15) is 17.0 Å². The molecule has 0 saturated carbocycles. The van der Waals surface area contributed by atoms with Gasteiger partial charge in [-0.2, -0.15) is 5.26 Å². The van der Waals surface area contributed by atoms with Crippen molar-refractivity contribution in [3.8, 4) is 6.07 Å². The lowest BCUT2D eigenvalue weighted by Crippen LogP contribution is -2.29. The Balaban J connectivity index is 1.53. The van der Waals surface area contributed by atoms with Crippen LogP contribution in [0.4, 0.5) is 0 Å². The van der Waals surface area contributed by atoms with Gasteiger partial charge in [-0.25, -0.2) is 4.98 Å². The third kappa shape index (κ3) is 4.31. The van der Waals surface area contributed by atoms with Gasteiger partial charge in [-0.3, -0.25) is 9.59 Å². The molecule has 3 rings (SSSR count). The van der Waals surface area contributed by atoms with E-state index in [0.717, 1.165) is 5.56 Å². The number of carbonyl (C=O) groups excluding carboxylic acids is 1. The van der Waals surface area contributed by atoms with Crippen LogP contribution in [-0.2, 0) is 17.1 Å². The molecule has 0 unspecified atom stereocenters. The van der Waals surface area contributed by atoms with Gasteiger partial charge < -0.3 is 9.88 Å². The molecule has 132 valence electrons. The molecule has 0 aliphatic carbocycles. The fourth-order valence-corrected chi connectivity index (χ4v) is 4.00. The number of benzene rings is 1. The molecular formula is C18H16N4O2S2. The van der Waals surface area contributed by atoms with Gasteiger partial charge in [0.2, 0.25) is 5.91 Å². The van der Waals surface area contributed by atoms with Gasteiger partial charge in [-0.1, -0.05) is 12.1 Å². The highest BCUT2D eigenvalue weighted by Gasteiger charge is 2.12. The quantitative estimate of drug-likeness (QED) is 0.706. The normalized spacial score (nSPS) is 10.6. The van der Waals surface area contributed by atoms with Gasteiger partial charge in [-0.05, 0) is 29.1 Å². The number of nitrogens with one attached hydrogen (secondary N) is 1. The Hall–Kier alpha value is -2.63. The maximum atomic E-state index is 12.3. The smallest absolute Gasteiger partial charge is 0.268 e. The number of hydrogen-bond donors (Lipinski definition) is 1. The SMILES string of the molecule is CN(Cc1nc2ccsc2c(=O)[nH]1)C(=O)CSCc1ccc(C#N)cc1. The molecule has 26 heavy (non-hydrogen) atoms. The Morgan fingerprint density at radius 3 is 2.85 bits per heavy atom. The molecule has 8 heteroatoms. The number of rotatable bonds is 6. The monoisotopic (exact) mass is 384 g/mol. The highest BCUT2D eigenvalue weighted by molar-refractivity contribution is 7.99. The third-order valence-corrected chi connectivity index (χ3v) is 5.64. The maximum Gasteiger partial charge on any atom is 0.268 e. The van der Waals surface area contributed by atoms with Crippen LogP contribution >= 0.6 is 23.1 Å². The first-order chi connectivity index (χ1) is 12.6. The van der Waals surface area contributed by atoms with E-state index < -0.39 is 0 Å². The first-order valence-electron chi connectivity index (χ1n) is 7.84. The second kappa shape index (κ2) is 8.17.